The van der Waals surface area contributed by atoms with Crippen LogP contribution in [0.4, 0.5) is 11.4 Å². The summed E-state index contributed by atoms with van der Waals surface area (Å²) in [6.07, 6.45) is 3.03. The molecule has 2 aromatic rings. The number of rotatable bonds is 5. The van der Waals surface area contributed by atoms with E-state index in [0.29, 0.717) is 33.0 Å². The molecule has 0 amide bonds. The Labute approximate surface area is 144 Å². The fourth-order valence-electron chi connectivity index (χ4n) is 1.67. The lowest BCUT2D eigenvalue weighted by Crippen LogP contribution is -2.37. The van der Waals surface area contributed by atoms with Gasteiger partial charge in [0, 0.05) is 30.7 Å². The van der Waals surface area contributed by atoms with Crippen molar-refractivity contribution in [2.75, 3.05) is 11.9 Å². The molecule has 22 heavy (non-hydrogen) atoms. The van der Waals surface area contributed by atoms with E-state index in [2.05, 4.69) is 10.3 Å². The molecular weight excluding hydrogens is 345 g/mol. The number of aromatic nitrogens is 1. The zero-order valence-corrected chi connectivity index (χ0v) is 14.4. The maximum Gasteiger partial charge on any atom is 0.140 e. The van der Waals surface area contributed by atoms with Crippen LogP contribution in [0.2, 0.25) is 15.1 Å². The van der Waals surface area contributed by atoms with Gasteiger partial charge in [0.15, 0.2) is 0 Å². The van der Waals surface area contributed by atoms with E-state index in [1.807, 2.05) is 13.8 Å². The van der Waals surface area contributed by atoms with E-state index in [0.717, 1.165) is 5.69 Å². The van der Waals surface area contributed by atoms with Gasteiger partial charge in [-0.1, -0.05) is 34.8 Å². The second kappa shape index (κ2) is 6.92. The molecule has 1 aromatic heterocycles. The molecule has 2 rings (SSSR count). The van der Waals surface area contributed by atoms with Gasteiger partial charge in [-0.2, -0.15) is 0 Å². The average Bonchev–Trinajstić information content (AvgIpc) is 2.46. The van der Waals surface area contributed by atoms with Gasteiger partial charge in [-0.3, -0.25) is 4.98 Å². The van der Waals surface area contributed by atoms with Crippen LogP contribution in [0.3, 0.4) is 0 Å². The molecule has 0 radical (unpaired) electrons. The van der Waals surface area contributed by atoms with E-state index in [4.69, 9.17) is 45.3 Å². The van der Waals surface area contributed by atoms with Gasteiger partial charge in [-0.25, -0.2) is 0 Å². The Morgan fingerprint density at radius 2 is 1.77 bits per heavy atom. The largest absolute Gasteiger partial charge is 0.485 e. The van der Waals surface area contributed by atoms with Crippen LogP contribution in [0.25, 0.3) is 0 Å². The molecule has 0 saturated carbocycles. The van der Waals surface area contributed by atoms with Gasteiger partial charge in [0.1, 0.15) is 11.4 Å². The van der Waals surface area contributed by atoms with Crippen molar-refractivity contribution in [2.24, 2.45) is 5.73 Å². The van der Waals surface area contributed by atoms with Gasteiger partial charge < -0.3 is 15.8 Å². The topological polar surface area (TPSA) is 60.2 Å². The lowest BCUT2D eigenvalue weighted by atomic mass is 10.1. The molecule has 0 spiro atoms. The third-order valence-electron chi connectivity index (χ3n) is 2.93. The first-order chi connectivity index (χ1) is 10.3. The average molecular weight is 361 g/mol. The Morgan fingerprint density at radius 3 is 2.36 bits per heavy atom. The first-order valence-corrected chi connectivity index (χ1v) is 7.70. The molecule has 0 aliphatic carbocycles. The summed E-state index contributed by atoms with van der Waals surface area (Å²) in [4.78, 5) is 3.91. The van der Waals surface area contributed by atoms with Crippen molar-refractivity contribution in [1.82, 2.24) is 4.98 Å². The summed E-state index contributed by atoms with van der Waals surface area (Å²) >= 11 is 18.4. The normalized spacial score (nSPS) is 11.4. The minimum Gasteiger partial charge on any atom is -0.485 e. The predicted octanol–water partition coefficient (Wildman–Crippen LogP) is 4.90. The Kier molecular flexibility index (Phi) is 5.40. The summed E-state index contributed by atoms with van der Waals surface area (Å²) in [5.41, 5.74) is 6.47. The number of nitrogens with zero attached hydrogens (tertiary/aromatic N) is 1. The van der Waals surface area contributed by atoms with Crippen LogP contribution in [-0.4, -0.2) is 17.1 Å². The number of hydrogen-bond donors (Lipinski definition) is 2. The molecule has 118 valence electrons. The number of nitrogens with one attached hydrogen (secondary N) is 1. The lowest BCUT2D eigenvalue weighted by Gasteiger charge is -2.25. The van der Waals surface area contributed by atoms with Crippen LogP contribution in [-0.2, 0) is 0 Å². The Hall–Kier alpha value is -1.20. The summed E-state index contributed by atoms with van der Waals surface area (Å²) < 4.78 is 5.85. The zero-order chi connectivity index (χ0) is 16.3. The first-order valence-electron chi connectivity index (χ1n) is 6.57. The highest BCUT2D eigenvalue weighted by Gasteiger charge is 2.19. The summed E-state index contributed by atoms with van der Waals surface area (Å²) in [6.45, 7) is 4.14. The second-order valence-corrected chi connectivity index (χ2v) is 6.54. The van der Waals surface area contributed by atoms with Crippen LogP contribution >= 0.6 is 34.8 Å². The smallest absolute Gasteiger partial charge is 0.140 e. The van der Waals surface area contributed by atoms with E-state index in [9.17, 15) is 0 Å². The molecule has 1 heterocycles. The van der Waals surface area contributed by atoms with E-state index < -0.39 is 5.60 Å². The molecule has 0 fully saturated rings. The van der Waals surface area contributed by atoms with Crippen molar-refractivity contribution in [2.45, 2.75) is 19.4 Å². The number of halogens is 3. The summed E-state index contributed by atoms with van der Waals surface area (Å²) in [5.74, 6) is 0.531. The van der Waals surface area contributed by atoms with E-state index in [-0.39, 0.29) is 0 Å². The Balaban J connectivity index is 2.30. The highest BCUT2D eigenvalue weighted by molar-refractivity contribution is 6.39. The first kappa shape index (κ1) is 17.2. The molecule has 7 heteroatoms. The van der Waals surface area contributed by atoms with Crippen LogP contribution in [0.15, 0.2) is 30.6 Å². The van der Waals surface area contributed by atoms with Crippen molar-refractivity contribution in [3.8, 4) is 5.75 Å². The number of nitrogens with two attached hydrogens (primary N) is 1. The highest BCUT2D eigenvalue weighted by atomic mass is 35.5. The number of anilines is 2. The van der Waals surface area contributed by atoms with Crippen molar-refractivity contribution in [3.63, 3.8) is 0 Å². The van der Waals surface area contributed by atoms with Crippen LogP contribution < -0.4 is 15.8 Å². The SMILES string of the molecule is CC(C)(CN)Oc1cc(Nc2c(Cl)cncc2Cl)ccc1Cl. The molecular formula is C15H16Cl3N3O. The quantitative estimate of drug-likeness (QED) is 0.796. The van der Waals surface area contributed by atoms with Crippen molar-refractivity contribution < 1.29 is 4.74 Å². The van der Waals surface area contributed by atoms with Gasteiger partial charge >= 0.3 is 0 Å². The third-order valence-corrected chi connectivity index (χ3v) is 3.82. The standard InChI is InChI=1S/C15H16Cl3N3O/c1-15(2,8-19)22-13-5-9(3-4-10(13)16)21-14-11(17)6-20-7-12(14)18/h3-7H,8,19H2,1-2H3,(H,20,21). The minimum atomic E-state index is -0.520. The summed E-state index contributed by atoms with van der Waals surface area (Å²) in [7, 11) is 0. The van der Waals surface area contributed by atoms with Crippen LogP contribution in [0.1, 0.15) is 13.8 Å². The maximum atomic E-state index is 6.17. The van der Waals surface area contributed by atoms with Crippen molar-refractivity contribution in [1.29, 1.82) is 0 Å². The van der Waals surface area contributed by atoms with Crippen LogP contribution in [0.5, 0.6) is 5.75 Å². The molecule has 0 saturated heterocycles. The number of hydrogen-bond acceptors (Lipinski definition) is 4. The van der Waals surface area contributed by atoms with Gasteiger partial charge in [0.2, 0.25) is 0 Å². The van der Waals surface area contributed by atoms with Gasteiger partial charge in [-0.15, -0.1) is 0 Å². The fraction of sp³-hybridized carbons (Fsp3) is 0.267. The van der Waals surface area contributed by atoms with Gasteiger partial charge in [0.25, 0.3) is 0 Å². The Morgan fingerprint density at radius 1 is 1.14 bits per heavy atom. The molecule has 0 unspecified atom stereocenters. The monoisotopic (exact) mass is 359 g/mol. The summed E-state index contributed by atoms with van der Waals surface area (Å²) in [6, 6.07) is 5.30. The zero-order valence-electron chi connectivity index (χ0n) is 12.2. The van der Waals surface area contributed by atoms with Gasteiger partial charge in [-0.05, 0) is 26.0 Å². The van der Waals surface area contributed by atoms with Crippen molar-refractivity contribution >= 4 is 46.2 Å². The number of pyridine rings is 1. The molecule has 3 N–H and O–H groups in total. The van der Waals surface area contributed by atoms with E-state index >= 15 is 0 Å². The molecule has 0 bridgehead atoms. The minimum absolute atomic E-state index is 0.364. The van der Waals surface area contributed by atoms with E-state index in [1.54, 1.807) is 18.2 Å². The maximum absolute atomic E-state index is 6.17. The lowest BCUT2D eigenvalue weighted by molar-refractivity contribution is 0.119. The summed E-state index contributed by atoms with van der Waals surface area (Å²) in [5, 5.41) is 4.48. The molecule has 0 atom stereocenters. The number of benzene rings is 1. The van der Waals surface area contributed by atoms with E-state index in [1.165, 1.54) is 12.4 Å². The second-order valence-electron chi connectivity index (χ2n) is 5.31. The molecule has 1 aromatic carbocycles. The fourth-order valence-corrected chi connectivity index (χ4v) is 2.29. The van der Waals surface area contributed by atoms with Gasteiger partial charge in [0.05, 0.1) is 20.8 Å². The Bertz CT molecular complexity index is 657. The van der Waals surface area contributed by atoms with Crippen LogP contribution in [0, 0.1) is 0 Å². The molecule has 0 aliphatic heterocycles. The number of ether oxygens (including phenoxy) is 1. The molecule has 0 aliphatic rings. The third kappa shape index (κ3) is 4.17. The van der Waals surface area contributed by atoms with Crippen molar-refractivity contribution in [3.05, 3.63) is 45.7 Å². The molecule has 4 nitrogen and oxygen atoms in total. The highest BCUT2D eigenvalue weighted by Crippen LogP contribution is 2.35. The predicted molar refractivity (Wildman–Crippen MR) is 92.8 cm³/mol.